The van der Waals surface area contributed by atoms with Crippen LogP contribution in [0.15, 0.2) is 30.8 Å². The number of rotatable bonds is 3. The lowest BCUT2D eigenvalue weighted by Crippen LogP contribution is -2.10. The number of carboxylic acid groups (broad SMARTS) is 1. The fourth-order valence-electron chi connectivity index (χ4n) is 1.88. The summed E-state index contributed by atoms with van der Waals surface area (Å²) in [5.41, 5.74) is 1.70. The van der Waals surface area contributed by atoms with Crippen molar-refractivity contribution in [2.24, 2.45) is 7.05 Å². The van der Waals surface area contributed by atoms with Crippen LogP contribution in [-0.4, -0.2) is 21.0 Å². The third-order valence-corrected chi connectivity index (χ3v) is 2.85. The van der Waals surface area contributed by atoms with Gasteiger partial charge in [-0.15, -0.1) is 0 Å². The lowest BCUT2D eigenvalue weighted by Gasteiger charge is -2.05. The lowest BCUT2D eigenvalue weighted by atomic mass is 10.0. The first-order chi connectivity index (χ1) is 9.40. The van der Waals surface area contributed by atoms with E-state index in [2.05, 4.69) is 17.0 Å². The highest BCUT2D eigenvalue weighted by Crippen LogP contribution is 2.28. The van der Waals surface area contributed by atoms with Crippen LogP contribution in [0.25, 0.3) is 16.8 Å². The molecule has 0 aliphatic heterocycles. The maximum Gasteiger partial charge on any atom is 0.410 e. The Hall–Kier alpha value is -2.63. The first-order valence-electron chi connectivity index (χ1n) is 5.89. The summed E-state index contributed by atoms with van der Waals surface area (Å²) in [5.74, 6) is -0.146. The van der Waals surface area contributed by atoms with Crippen LogP contribution in [0.5, 0.6) is 0 Å². The minimum absolute atomic E-state index is 0.271. The van der Waals surface area contributed by atoms with Gasteiger partial charge in [-0.1, -0.05) is 18.7 Å². The number of halogens is 1. The van der Waals surface area contributed by atoms with Gasteiger partial charge in [-0.05, 0) is 18.6 Å². The topological polar surface area (TPSA) is 67.2 Å². The van der Waals surface area contributed by atoms with Crippen molar-refractivity contribution in [2.75, 3.05) is 5.32 Å². The van der Waals surface area contributed by atoms with E-state index in [1.807, 2.05) is 0 Å². The van der Waals surface area contributed by atoms with Crippen molar-refractivity contribution >= 4 is 17.5 Å². The molecule has 1 amide bonds. The normalized spacial score (nSPS) is 10.3. The summed E-state index contributed by atoms with van der Waals surface area (Å²) in [4.78, 5) is 10.6. The molecule has 0 fully saturated rings. The van der Waals surface area contributed by atoms with Crippen LogP contribution in [0.1, 0.15) is 12.5 Å². The number of anilines is 1. The molecule has 1 aromatic carbocycles. The summed E-state index contributed by atoms with van der Waals surface area (Å²) in [5, 5.41) is 15.0. The molecule has 0 aliphatic carbocycles. The summed E-state index contributed by atoms with van der Waals surface area (Å²) < 4.78 is 15.7. The van der Waals surface area contributed by atoms with E-state index in [1.54, 1.807) is 32.2 Å². The second-order valence-corrected chi connectivity index (χ2v) is 4.42. The van der Waals surface area contributed by atoms with Crippen LogP contribution in [0.4, 0.5) is 15.0 Å². The van der Waals surface area contributed by atoms with Crippen LogP contribution in [-0.2, 0) is 7.05 Å². The van der Waals surface area contributed by atoms with E-state index in [-0.39, 0.29) is 5.82 Å². The highest BCUT2D eigenvalue weighted by molar-refractivity contribution is 5.83. The molecule has 0 atom stereocenters. The van der Waals surface area contributed by atoms with Crippen molar-refractivity contribution < 1.29 is 14.3 Å². The van der Waals surface area contributed by atoms with E-state index in [1.165, 1.54) is 10.7 Å². The number of hydrogen-bond acceptors (Lipinski definition) is 2. The Morgan fingerprint density at radius 2 is 2.20 bits per heavy atom. The molecular weight excluding hydrogens is 261 g/mol. The Kier molecular flexibility index (Phi) is 3.56. The number of aryl methyl sites for hydroxylation is 1. The first kappa shape index (κ1) is 13.8. The van der Waals surface area contributed by atoms with Gasteiger partial charge in [-0.25, -0.2) is 9.18 Å². The van der Waals surface area contributed by atoms with Gasteiger partial charge in [0.2, 0.25) is 0 Å². The molecule has 0 bridgehead atoms. The summed E-state index contributed by atoms with van der Waals surface area (Å²) in [6.07, 6.45) is -1.20. The van der Waals surface area contributed by atoms with Gasteiger partial charge in [0, 0.05) is 24.2 Å². The second kappa shape index (κ2) is 5.16. The van der Waals surface area contributed by atoms with Gasteiger partial charge in [0.15, 0.2) is 0 Å². The van der Waals surface area contributed by atoms with E-state index in [9.17, 15) is 9.18 Å². The van der Waals surface area contributed by atoms with Crippen LogP contribution < -0.4 is 5.32 Å². The number of nitrogens with zero attached hydrogens (tertiary/aromatic N) is 2. The Morgan fingerprint density at radius 3 is 2.80 bits per heavy atom. The van der Waals surface area contributed by atoms with Gasteiger partial charge >= 0.3 is 6.09 Å². The number of allylic oxidation sites excluding steroid dienone is 1. The lowest BCUT2D eigenvalue weighted by molar-refractivity contribution is 0.209. The average Bonchev–Trinajstić information content (AvgIpc) is 2.69. The number of hydrogen-bond donors (Lipinski definition) is 2. The van der Waals surface area contributed by atoms with Gasteiger partial charge in [-0.2, -0.15) is 5.10 Å². The number of nitrogens with one attached hydrogen (secondary N) is 1. The molecule has 0 saturated carbocycles. The molecule has 0 radical (unpaired) electrons. The zero-order valence-corrected chi connectivity index (χ0v) is 11.1. The number of amides is 1. The predicted molar refractivity (Wildman–Crippen MR) is 75.0 cm³/mol. The van der Waals surface area contributed by atoms with Crippen LogP contribution >= 0.6 is 0 Å². The molecule has 104 valence electrons. The quantitative estimate of drug-likeness (QED) is 0.902. The fraction of sp³-hybridized carbons (Fsp3) is 0.143. The van der Waals surface area contributed by atoms with E-state index < -0.39 is 11.9 Å². The van der Waals surface area contributed by atoms with Gasteiger partial charge in [0.05, 0.1) is 5.69 Å². The fourth-order valence-corrected chi connectivity index (χ4v) is 1.88. The number of benzene rings is 1. The minimum atomic E-state index is -1.20. The molecule has 0 unspecified atom stereocenters. The van der Waals surface area contributed by atoms with E-state index in [4.69, 9.17) is 5.11 Å². The van der Waals surface area contributed by atoms with Crippen molar-refractivity contribution in [2.45, 2.75) is 6.92 Å². The Bertz CT molecular complexity index is 692. The summed E-state index contributed by atoms with van der Waals surface area (Å²) in [6.45, 7) is 5.45. The van der Waals surface area contributed by atoms with Crippen molar-refractivity contribution in [3.05, 3.63) is 42.2 Å². The Labute approximate surface area is 115 Å². The van der Waals surface area contributed by atoms with Crippen molar-refractivity contribution in [1.29, 1.82) is 0 Å². The molecule has 0 aliphatic rings. The smallest absolute Gasteiger partial charge is 0.410 e. The Morgan fingerprint density at radius 1 is 1.50 bits per heavy atom. The maximum absolute atomic E-state index is 14.4. The zero-order valence-electron chi connectivity index (χ0n) is 11.1. The molecule has 1 aromatic heterocycles. The average molecular weight is 275 g/mol. The molecule has 0 spiro atoms. The number of carbonyl (C=O) groups is 1. The molecule has 0 saturated heterocycles. The molecule has 20 heavy (non-hydrogen) atoms. The van der Waals surface area contributed by atoms with Crippen LogP contribution in [0.2, 0.25) is 0 Å². The molecule has 1 heterocycles. The Balaban J connectivity index is 2.50. The van der Waals surface area contributed by atoms with Gasteiger partial charge in [-0.3, -0.25) is 10.00 Å². The maximum atomic E-state index is 14.4. The summed E-state index contributed by atoms with van der Waals surface area (Å²) in [7, 11) is 1.58. The first-order valence-corrected chi connectivity index (χ1v) is 5.89. The third-order valence-electron chi connectivity index (χ3n) is 2.85. The molecule has 6 heteroatoms. The zero-order chi connectivity index (χ0) is 14.9. The highest BCUT2D eigenvalue weighted by atomic mass is 19.1. The monoisotopic (exact) mass is 275 g/mol. The standard InChI is InChI=1S/C14H14FN3O2/c1-8(2)9-5-4-6-10(13(9)15)11-7-12(16-14(19)20)18(3)17-11/h4-7,16H,1H2,2-3H3,(H,19,20). The van der Waals surface area contributed by atoms with Gasteiger partial charge < -0.3 is 5.11 Å². The largest absolute Gasteiger partial charge is 0.465 e. The van der Waals surface area contributed by atoms with Crippen molar-refractivity contribution in [3.63, 3.8) is 0 Å². The molecular formula is C14H14FN3O2. The van der Waals surface area contributed by atoms with Crippen LogP contribution in [0.3, 0.4) is 0 Å². The SMILES string of the molecule is C=C(C)c1cccc(-c2cc(NC(=O)O)n(C)n2)c1F. The molecule has 2 N–H and O–H groups in total. The third kappa shape index (κ3) is 2.54. The summed E-state index contributed by atoms with van der Waals surface area (Å²) in [6, 6.07) is 6.42. The van der Waals surface area contributed by atoms with Crippen molar-refractivity contribution in [1.82, 2.24) is 9.78 Å². The van der Waals surface area contributed by atoms with Gasteiger partial charge in [0.25, 0.3) is 0 Å². The van der Waals surface area contributed by atoms with E-state index in [0.717, 1.165) is 0 Å². The number of aromatic nitrogens is 2. The molecule has 5 nitrogen and oxygen atoms in total. The summed E-state index contributed by atoms with van der Waals surface area (Å²) >= 11 is 0. The van der Waals surface area contributed by atoms with Gasteiger partial charge in [0.1, 0.15) is 11.6 Å². The molecule has 2 rings (SSSR count). The highest BCUT2D eigenvalue weighted by Gasteiger charge is 2.15. The minimum Gasteiger partial charge on any atom is -0.465 e. The van der Waals surface area contributed by atoms with E-state index >= 15 is 0 Å². The van der Waals surface area contributed by atoms with Crippen LogP contribution in [0, 0.1) is 5.82 Å². The molecule has 2 aromatic rings. The second-order valence-electron chi connectivity index (χ2n) is 4.42. The predicted octanol–water partition coefficient (Wildman–Crippen LogP) is 3.35. The van der Waals surface area contributed by atoms with E-state index in [0.29, 0.717) is 22.4 Å². The van der Waals surface area contributed by atoms with Crippen molar-refractivity contribution in [3.8, 4) is 11.3 Å².